The molecule has 0 radical (unpaired) electrons. The predicted octanol–water partition coefficient (Wildman–Crippen LogP) is 2.15. The number of aromatic nitrogens is 4. The lowest BCUT2D eigenvalue weighted by Gasteiger charge is -2.15. The molecule has 1 N–H and O–H groups in total. The summed E-state index contributed by atoms with van der Waals surface area (Å²) in [6.45, 7) is 1.28. The smallest absolute Gasteiger partial charge is 0.328 e. The molecule has 10 nitrogen and oxygen atoms in total. The average Bonchev–Trinajstić information content (AvgIpc) is 3.34. The van der Waals surface area contributed by atoms with Crippen molar-refractivity contribution in [2.45, 2.75) is 19.6 Å². The molecule has 0 bridgehead atoms. The van der Waals surface area contributed by atoms with E-state index in [1.807, 2.05) is 24.3 Å². The number of methoxy groups -OCH3 is 1. The van der Waals surface area contributed by atoms with Crippen LogP contribution in [0.25, 0.3) is 21.9 Å². The SMILES string of the molecule is COc1cc2c(cc1NC(=O)[C@@H](C)OC(=O)Cn1cnnn1)oc1ccccc12. The number of furan rings is 1. The maximum absolute atomic E-state index is 12.5. The number of carbonyl (C=O) groups is 2. The lowest BCUT2D eigenvalue weighted by Crippen LogP contribution is -2.31. The summed E-state index contributed by atoms with van der Waals surface area (Å²) in [5, 5.41) is 15.0. The van der Waals surface area contributed by atoms with Crippen molar-refractivity contribution in [1.29, 1.82) is 0 Å². The maximum atomic E-state index is 12.5. The Morgan fingerprint density at radius 2 is 2.03 bits per heavy atom. The summed E-state index contributed by atoms with van der Waals surface area (Å²) in [6, 6.07) is 11.1. The number of nitrogens with one attached hydrogen (secondary N) is 1. The lowest BCUT2D eigenvalue weighted by atomic mass is 10.1. The first-order valence-corrected chi connectivity index (χ1v) is 8.75. The minimum atomic E-state index is -1.03. The van der Waals surface area contributed by atoms with Crippen molar-refractivity contribution in [3.8, 4) is 5.75 Å². The van der Waals surface area contributed by atoms with Gasteiger partial charge in [0.2, 0.25) is 0 Å². The van der Waals surface area contributed by atoms with Crippen molar-refractivity contribution in [2.24, 2.45) is 0 Å². The van der Waals surface area contributed by atoms with Crippen molar-refractivity contribution in [3.63, 3.8) is 0 Å². The minimum absolute atomic E-state index is 0.196. The maximum Gasteiger partial charge on any atom is 0.328 e. The molecule has 148 valence electrons. The molecule has 2 heterocycles. The number of anilines is 1. The zero-order valence-corrected chi connectivity index (χ0v) is 15.7. The van der Waals surface area contributed by atoms with E-state index in [0.29, 0.717) is 17.0 Å². The molecule has 0 unspecified atom stereocenters. The Hall–Kier alpha value is -3.95. The van der Waals surface area contributed by atoms with Crippen molar-refractivity contribution < 1.29 is 23.5 Å². The third-order valence-electron chi connectivity index (χ3n) is 4.32. The van der Waals surface area contributed by atoms with E-state index >= 15 is 0 Å². The molecule has 4 aromatic rings. The van der Waals surface area contributed by atoms with E-state index in [0.717, 1.165) is 16.4 Å². The van der Waals surface area contributed by atoms with E-state index in [4.69, 9.17) is 13.9 Å². The predicted molar refractivity (Wildman–Crippen MR) is 102 cm³/mol. The molecule has 0 saturated carbocycles. The van der Waals surface area contributed by atoms with Gasteiger partial charge in [-0.05, 0) is 29.5 Å². The number of fused-ring (bicyclic) bond motifs is 3. The zero-order valence-electron chi connectivity index (χ0n) is 15.7. The quantitative estimate of drug-likeness (QED) is 0.493. The summed E-state index contributed by atoms with van der Waals surface area (Å²) in [7, 11) is 1.51. The highest BCUT2D eigenvalue weighted by Gasteiger charge is 2.21. The molecule has 4 rings (SSSR count). The largest absolute Gasteiger partial charge is 0.495 e. The van der Waals surface area contributed by atoms with E-state index in [1.54, 1.807) is 12.1 Å². The number of carbonyl (C=O) groups excluding carboxylic acids is 2. The second kappa shape index (κ2) is 7.58. The first-order valence-electron chi connectivity index (χ1n) is 8.75. The number of hydrogen-bond donors (Lipinski definition) is 1. The van der Waals surface area contributed by atoms with Gasteiger partial charge in [-0.2, -0.15) is 0 Å². The molecule has 0 spiro atoms. The molecule has 1 amide bonds. The van der Waals surface area contributed by atoms with Gasteiger partial charge in [0.25, 0.3) is 5.91 Å². The molecule has 0 fully saturated rings. The van der Waals surface area contributed by atoms with Crippen LogP contribution in [0.5, 0.6) is 5.75 Å². The van der Waals surface area contributed by atoms with E-state index in [2.05, 4.69) is 20.8 Å². The Morgan fingerprint density at radius 3 is 2.79 bits per heavy atom. The molecule has 0 saturated heterocycles. The van der Waals surface area contributed by atoms with Gasteiger partial charge >= 0.3 is 5.97 Å². The van der Waals surface area contributed by atoms with E-state index in [1.165, 1.54) is 25.0 Å². The van der Waals surface area contributed by atoms with Gasteiger partial charge in [-0.15, -0.1) is 5.10 Å². The average molecular weight is 395 g/mol. The van der Waals surface area contributed by atoms with Crippen LogP contribution in [0.15, 0.2) is 47.1 Å². The molecular formula is C19H17N5O5. The Balaban J connectivity index is 1.52. The Morgan fingerprint density at radius 1 is 1.21 bits per heavy atom. The van der Waals surface area contributed by atoms with Crippen molar-refractivity contribution in [3.05, 3.63) is 42.7 Å². The van der Waals surface area contributed by atoms with Crippen LogP contribution >= 0.6 is 0 Å². The van der Waals surface area contributed by atoms with Crippen LogP contribution in [-0.2, 0) is 20.9 Å². The molecule has 0 aliphatic heterocycles. The number of nitrogens with zero attached hydrogens (tertiary/aromatic N) is 4. The standard InChI is InChI=1S/C19H17N5O5/c1-11(28-18(25)9-24-10-20-22-23-24)19(26)21-14-8-16-13(7-17(14)27-2)12-5-3-4-6-15(12)29-16/h3-8,10-11H,9H2,1-2H3,(H,21,26)/t11-/m1/s1. The lowest BCUT2D eigenvalue weighted by molar-refractivity contribution is -0.153. The Labute approximate surface area is 164 Å². The Kier molecular flexibility index (Phi) is 4.82. The monoisotopic (exact) mass is 395 g/mol. The van der Waals surface area contributed by atoms with Gasteiger partial charge in [0.05, 0.1) is 12.8 Å². The zero-order chi connectivity index (χ0) is 20.4. The number of tetrazole rings is 1. The number of rotatable bonds is 6. The van der Waals surface area contributed by atoms with Crippen LogP contribution in [0, 0.1) is 0 Å². The van der Waals surface area contributed by atoms with E-state index < -0.39 is 18.0 Å². The van der Waals surface area contributed by atoms with Crippen molar-refractivity contribution in [1.82, 2.24) is 20.2 Å². The fourth-order valence-corrected chi connectivity index (χ4v) is 2.93. The van der Waals surface area contributed by atoms with Crippen LogP contribution < -0.4 is 10.1 Å². The summed E-state index contributed by atoms with van der Waals surface area (Å²) in [5.41, 5.74) is 1.75. The molecule has 10 heteroatoms. The fourth-order valence-electron chi connectivity index (χ4n) is 2.93. The summed E-state index contributed by atoms with van der Waals surface area (Å²) in [4.78, 5) is 24.4. The molecule has 2 aromatic carbocycles. The first kappa shape index (κ1) is 18.4. The summed E-state index contributed by atoms with van der Waals surface area (Å²) >= 11 is 0. The normalized spacial score (nSPS) is 12.1. The number of esters is 1. The van der Waals surface area contributed by atoms with E-state index in [-0.39, 0.29) is 6.54 Å². The highest BCUT2D eigenvalue weighted by atomic mass is 16.5. The number of amides is 1. The highest BCUT2D eigenvalue weighted by Crippen LogP contribution is 2.36. The third kappa shape index (κ3) is 3.72. The second-order valence-corrected chi connectivity index (χ2v) is 6.28. The van der Waals surface area contributed by atoms with Crippen molar-refractivity contribution in [2.75, 3.05) is 12.4 Å². The number of hydrogen-bond acceptors (Lipinski definition) is 8. The van der Waals surface area contributed by atoms with Gasteiger partial charge < -0.3 is 19.2 Å². The molecule has 0 aliphatic rings. The third-order valence-corrected chi connectivity index (χ3v) is 4.32. The van der Waals surface area contributed by atoms with Crippen LogP contribution in [-0.4, -0.2) is 45.3 Å². The number of benzene rings is 2. The summed E-state index contributed by atoms with van der Waals surface area (Å²) < 4.78 is 17.6. The minimum Gasteiger partial charge on any atom is -0.495 e. The highest BCUT2D eigenvalue weighted by molar-refractivity contribution is 6.08. The second-order valence-electron chi connectivity index (χ2n) is 6.28. The van der Waals surface area contributed by atoms with Gasteiger partial charge in [0.15, 0.2) is 6.10 Å². The Bertz CT molecular complexity index is 1180. The van der Waals surface area contributed by atoms with Crippen LogP contribution in [0.4, 0.5) is 5.69 Å². The fraction of sp³-hybridized carbons (Fsp3) is 0.211. The molecular weight excluding hydrogens is 378 g/mol. The van der Waals surface area contributed by atoms with Gasteiger partial charge in [-0.1, -0.05) is 18.2 Å². The van der Waals surface area contributed by atoms with E-state index in [9.17, 15) is 9.59 Å². The topological polar surface area (TPSA) is 121 Å². The molecule has 1 atom stereocenters. The van der Waals surface area contributed by atoms with Crippen molar-refractivity contribution >= 4 is 39.5 Å². The van der Waals surface area contributed by atoms with Gasteiger partial charge in [-0.3, -0.25) is 9.59 Å². The van der Waals surface area contributed by atoms with Crippen LogP contribution in [0.1, 0.15) is 6.92 Å². The first-order chi connectivity index (χ1) is 14.0. The van der Waals surface area contributed by atoms with Crippen LogP contribution in [0.3, 0.4) is 0 Å². The van der Waals surface area contributed by atoms with Gasteiger partial charge in [0.1, 0.15) is 29.8 Å². The van der Waals surface area contributed by atoms with Crippen LogP contribution in [0.2, 0.25) is 0 Å². The summed E-state index contributed by atoms with van der Waals surface area (Å²) in [6.07, 6.45) is 0.245. The van der Waals surface area contributed by atoms with Gasteiger partial charge in [0, 0.05) is 16.8 Å². The molecule has 2 aromatic heterocycles. The number of para-hydroxylation sites is 1. The molecule has 0 aliphatic carbocycles. The summed E-state index contributed by atoms with van der Waals surface area (Å²) in [5.74, 6) is -0.687. The number of ether oxygens (including phenoxy) is 2. The molecule has 29 heavy (non-hydrogen) atoms. The van der Waals surface area contributed by atoms with Gasteiger partial charge in [-0.25, -0.2) is 4.68 Å².